The summed E-state index contributed by atoms with van der Waals surface area (Å²) in [7, 11) is 1.95. The number of tetrazole rings is 1. The number of hydrogen-bond acceptors (Lipinski definition) is 6. The van der Waals surface area contributed by atoms with Crippen LogP contribution in [0.25, 0.3) is 5.69 Å². The number of carbonyl (C=O) groups is 1. The average molecular weight is 343 g/mol. The number of amides is 1. The molecule has 1 saturated heterocycles. The minimum Gasteiger partial charge on any atom is -0.341 e. The van der Waals surface area contributed by atoms with Gasteiger partial charge in [-0.25, -0.2) is 0 Å². The number of piperidine rings is 1. The predicted molar refractivity (Wildman–Crippen MR) is 95.5 cm³/mol. The van der Waals surface area contributed by atoms with Crippen molar-refractivity contribution in [2.45, 2.75) is 38.3 Å². The van der Waals surface area contributed by atoms with E-state index in [-0.39, 0.29) is 11.9 Å². The van der Waals surface area contributed by atoms with E-state index in [9.17, 15) is 4.79 Å². The molecule has 0 aliphatic carbocycles. The Kier molecular flexibility index (Phi) is 5.60. The fourth-order valence-corrected chi connectivity index (χ4v) is 3.15. The summed E-state index contributed by atoms with van der Waals surface area (Å²) >= 11 is 0. The van der Waals surface area contributed by atoms with Gasteiger partial charge in [0.05, 0.1) is 5.69 Å². The highest BCUT2D eigenvalue weighted by molar-refractivity contribution is 5.84. The number of para-hydroxylation sites is 1. The number of nitrogens with one attached hydrogen (secondary N) is 2. The van der Waals surface area contributed by atoms with Crippen LogP contribution in [0.2, 0.25) is 0 Å². The lowest BCUT2D eigenvalue weighted by Gasteiger charge is -2.34. The zero-order chi connectivity index (χ0) is 17.6. The minimum absolute atomic E-state index is 0.102. The molecule has 1 aromatic heterocycles. The summed E-state index contributed by atoms with van der Waals surface area (Å²) < 4.78 is 1.61. The van der Waals surface area contributed by atoms with E-state index in [1.54, 1.807) is 4.68 Å². The quantitative estimate of drug-likeness (QED) is 0.815. The first-order valence-electron chi connectivity index (χ1n) is 8.79. The Morgan fingerprint density at radius 2 is 2.16 bits per heavy atom. The van der Waals surface area contributed by atoms with Gasteiger partial charge < -0.3 is 15.5 Å². The van der Waals surface area contributed by atoms with E-state index in [0.29, 0.717) is 18.4 Å². The van der Waals surface area contributed by atoms with Crippen molar-refractivity contribution < 1.29 is 4.79 Å². The highest BCUT2D eigenvalue weighted by Crippen LogP contribution is 2.16. The van der Waals surface area contributed by atoms with Crippen LogP contribution in [0, 0.1) is 0 Å². The molecular weight excluding hydrogens is 318 g/mol. The van der Waals surface area contributed by atoms with Gasteiger partial charge in [0.1, 0.15) is 6.04 Å². The normalized spacial score (nSPS) is 18.8. The largest absolute Gasteiger partial charge is 0.341 e. The third-order valence-corrected chi connectivity index (χ3v) is 4.62. The zero-order valence-corrected chi connectivity index (χ0v) is 14.7. The van der Waals surface area contributed by atoms with Crippen LogP contribution < -0.4 is 10.6 Å². The van der Waals surface area contributed by atoms with Gasteiger partial charge >= 0.3 is 0 Å². The molecule has 1 aliphatic rings. The molecule has 134 valence electrons. The maximum atomic E-state index is 12.9. The van der Waals surface area contributed by atoms with E-state index in [4.69, 9.17) is 0 Å². The van der Waals surface area contributed by atoms with Crippen molar-refractivity contribution in [3.05, 3.63) is 30.3 Å². The minimum atomic E-state index is -0.343. The third kappa shape index (κ3) is 3.96. The maximum Gasteiger partial charge on any atom is 0.248 e. The van der Waals surface area contributed by atoms with E-state index < -0.39 is 0 Å². The molecule has 0 radical (unpaired) electrons. The fourth-order valence-electron chi connectivity index (χ4n) is 3.15. The second kappa shape index (κ2) is 8.06. The molecule has 1 amide bonds. The van der Waals surface area contributed by atoms with Gasteiger partial charge in [0.15, 0.2) is 0 Å². The lowest BCUT2D eigenvalue weighted by Crippen LogP contribution is -2.51. The molecule has 25 heavy (non-hydrogen) atoms. The number of carbonyl (C=O) groups excluding carboxylic acids is 1. The summed E-state index contributed by atoms with van der Waals surface area (Å²) in [6.45, 7) is 3.54. The number of anilines is 1. The molecule has 1 aliphatic heterocycles. The molecular formula is C17H25N7O. The van der Waals surface area contributed by atoms with Gasteiger partial charge in [-0.3, -0.25) is 4.79 Å². The molecule has 2 atom stereocenters. The summed E-state index contributed by atoms with van der Waals surface area (Å²) in [5.74, 6) is 0.582. The maximum absolute atomic E-state index is 12.9. The van der Waals surface area contributed by atoms with Gasteiger partial charge in [-0.05, 0) is 48.9 Å². The van der Waals surface area contributed by atoms with Gasteiger partial charge in [0.2, 0.25) is 11.9 Å². The first-order chi connectivity index (χ1) is 12.2. The Bertz CT molecular complexity index is 687. The summed E-state index contributed by atoms with van der Waals surface area (Å²) in [6, 6.07) is 9.66. The second-order valence-electron chi connectivity index (χ2n) is 6.27. The van der Waals surface area contributed by atoms with E-state index in [0.717, 1.165) is 31.6 Å². The van der Waals surface area contributed by atoms with Gasteiger partial charge in [-0.1, -0.05) is 30.2 Å². The van der Waals surface area contributed by atoms with Gasteiger partial charge in [-0.2, -0.15) is 4.68 Å². The second-order valence-corrected chi connectivity index (χ2v) is 6.27. The Hall–Kier alpha value is -2.48. The van der Waals surface area contributed by atoms with Crippen LogP contribution in [-0.2, 0) is 4.79 Å². The Balaban J connectivity index is 1.73. The smallest absolute Gasteiger partial charge is 0.248 e. The molecule has 0 bridgehead atoms. The van der Waals surface area contributed by atoms with Crippen LogP contribution in [0.1, 0.15) is 26.2 Å². The van der Waals surface area contributed by atoms with Gasteiger partial charge in [-0.15, -0.1) is 0 Å². The molecule has 1 fully saturated rings. The van der Waals surface area contributed by atoms with Crippen LogP contribution in [0.15, 0.2) is 30.3 Å². The Morgan fingerprint density at radius 3 is 2.88 bits per heavy atom. The van der Waals surface area contributed by atoms with E-state index in [2.05, 4.69) is 26.2 Å². The molecule has 8 nitrogen and oxygen atoms in total. The van der Waals surface area contributed by atoms with Crippen molar-refractivity contribution in [3.8, 4) is 5.69 Å². The molecule has 2 heterocycles. The third-order valence-electron chi connectivity index (χ3n) is 4.62. The van der Waals surface area contributed by atoms with Gasteiger partial charge in [0.25, 0.3) is 0 Å². The summed E-state index contributed by atoms with van der Waals surface area (Å²) in [6.07, 6.45) is 2.80. The lowest BCUT2D eigenvalue weighted by molar-refractivity contribution is -0.133. The molecule has 0 spiro atoms. The van der Waals surface area contributed by atoms with Crippen LogP contribution in [-0.4, -0.2) is 63.2 Å². The fraction of sp³-hybridized carbons (Fsp3) is 0.529. The van der Waals surface area contributed by atoms with E-state index in [1.807, 2.05) is 49.2 Å². The first kappa shape index (κ1) is 17.3. The molecule has 0 unspecified atom stereocenters. The average Bonchev–Trinajstić information content (AvgIpc) is 3.14. The van der Waals surface area contributed by atoms with Crippen LogP contribution in [0.4, 0.5) is 5.95 Å². The molecule has 0 saturated carbocycles. The van der Waals surface area contributed by atoms with Crippen LogP contribution >= 0.6 is 0 Å². The topological polar surface area (TPSA) is 88.0 Å². The molecule has 2 aromatic rings. The van der Waals surface area contributed by atoms with Crippen molar-refractivity contribution in [1.82, 2.24) is 30.4 Å². The Morgan fingerprint density at radius 1 is 1.36 bits per heavy atom. The number of likely N-dealkylation sites (tertiary alicyclic amines) is 1. The van der Waals surface area contributed by atoms with Crippen molar-refractivity contribution in [2.24, 2.45) is 0 Å². The molecule has 3 rings (SSSR count). The summed E-state index contributed by atoms with van der Waals surface area (Å²) in [5, 5.41) is 18.3. The molecule has 1 aromatic carbocycles. The SMILES string of the molecule is CC[C@@H](Nc1nnnn1-c1ccccc1)C(=O)N1CCC[C@H](NC)C1. The predicted octanol–water partition coefficient (Wildman–Crippen LogP) is 1.06. The molecule has 2 N–H and O–H groups in total. The summed E-state index contributed by atoms with van der Waals surface area (Å²) in [5.41, 5.74) is 0.852. The highest BCUT2D eigenvalue weighted by atomic mass is 16.2. The van der Waals surface area contributed by atoms with E-state index in [1.165, 1.54) is 0 Å². The number of nitrogens with zero attached hydrogens (tertiary/aromatic N) is 5. The van der Waals surface area contributed by atoms with Crippen molar-refractivity contribution in [2.75, 3.05) is 25.5 Å². The van der Waals surface area contributed by atoms with Crippen LogP contribution in [0.3, 0.4) is 0 Å². The number of hydrogen-bond donors (Lipinski definition) is 2. The number of rotatable bonds is 6. The first-order valence-corrected chi connectivity index (χ1v) is 8.79. The van der Waals surface area contributed by atoms with Crippen molar-refractivity contribution >= 4 is 11.9 Å². The number of aromatic nitrogens is 4. The standard InChI is InChI=1S/C17H25N7O/c1-3-15(16(25)23-11-7-8-13(12-23)18-2)19-17-20-21-22-24(17)14-9-5-4-6-10-14/h4-6,9-10,13,15,18H,3,7-8,11-12H2,1-2H3,(H,19,20,22)/t13-,15+/m0/s1. The summed E-state index contributed by atoms with van der Waals surface area (Å²) in [4.78, 5) is 14.9. The highest BCUT2D eigenvalue weighted by Gasteiger charge is 2.28. The number of benzene rings is 1. The van der Waals surface area contributed by atoms with E-state index >= 15 is 0 Å². The Labute approximate surface area is 147 Å². The zero-order valence-electron chi connectivity index (χ0n) is 14.7. The van der Waals surface area contributed by atoms with Crippen LogP contribution in [0.5, 0.6) is 0 Å². The van der Waals surface area contributed by atoms with Gasteiger partial charge in [0, 0.05) is 19.1 Å². The number of likely N-dealkylation sites (N-methyl/N-ethyl adjacent to an activating group) is 1. The lowest BCUT2D eigenvalue weighted by atomic mass is 10.0. The molecule has 8 heteroatoms. The van der Waals surface area contributed by atoms with Crippen molar-refractivity contribution in [1.29, 1.82) is 0 Å². The monoisotopic (exact) mass is 343 g/mol. The van der Waals surface area contributed by atoms with Crippen molar-refractivity contribution in [3.63, 3.8) is 0 Å².